The Hall–Kier alpha value is -5.19. The molecule has 1 aliphatic rings. The molecule has 200 valence electrons. The molecule has 1 amide bonds. The number of nitrogen functional groups attached to an aromatic ring is 1. The number of hydrogen-bond acceptors (Lipinski definition) is 7. The summed E-state index contributed by atoms with van der Waals surface area (Å²) in [6, 6.07) is 17.5. The molecule has 0 aliphatic carbocycles. The highest BCUT2D eigenvalue weighted by molar-refractivity contribution is 6.09. The number of carbonyl (C=O) groups excluding carboxylic acids is 1. The topological polar surface area (TPSA) is 149 Å². The van der Waals surface area contributed by atoms with Crippen LogP contribution in [0.15, 0.2) is 66.9 Å². The molecule has 0 saturated carbocycles. The molecule has 40 heavy (non-hydrogen) atoms. The van der Waals surface area contributed by atoms with Crippen molar-refractivity contribution < 1.29 is 19.1 Å². The van der Waals surface area contributed by atoms with Crippen molar-refractivity contribution in [1.29, 1.82) is 0 Å². The number of nitrogens with two attached hydrogens (primary N) is 1. The first kappa shape index (κ1) is 25.1. The van der Waals surface area contributed by atoms with E-state index in [2.05, 4.69) is 20.3 Å². The Morgan fingerprint density at radius 1 is 1.10 bits per heavy atom. The number of anilines is 2. The molecule has 1 unspecified atom stereocenters. The molecule has 4 N–H and O–H groups in total. The molecular formula is C29H24FN7O3. The molecule has 0 fully saturated rings. The van der Waals surface area contributed by atoms with Crippen molar-refractivity contribution in [3.8, 4) is 11.5 Å². The molecular weight excluding hydrogens is 513 g/mol. The number of hydrogen-bond donors (Lipinski definition) is 3. The van der Waals surface area contributed by atoms with Crippen LogP contribution in [0.5, 0.6) is 0 Å². The lowest BCUT2D eigenvalue weighted by atomic mass is 9.77. The van der Waals surface area contributed by atoms with Crippen LogP contribution in [0.4, 0.5) is 16.0 Å². The molecule has 2 aromatic carbocycles. The molecule has 4 heterocycles. The van der Waals surface area contributed by atoms with Crippen molar-refractivity contribution in [3.63, 3.8) is 0 Å². The van der Waals surface area contributed by atoms with Crippen LogP contribution in [-0.2, 0) is 28.0 Å². The summed E-state index contributed by atoms with van der Waals surface area (Å²) in [5.41, 5.74) is 8.74. The second-order valence-electron chi connectivity index (χ2n) is 9.78. The monoisotopic (exact) mass is 537 g/mol. The maximum atomic E-state index is 14.3. The summed E-state index contributed by atoms with van der Waals surface area (Å²) in [7, 11) is 0. The van der Waals surface area contributed by atoms with Crippen molar-refractivity contribution >= 4 is 34.4 Å². The maximum absolute atomic E-state index is 14.3. The minimum Gasteiger partial charge on any atom is -0.481 e. The zero-order valence-electron chi connectivity index (χ0n) is 21.4. The van der Waals surface area contributed by atoms with E-state index in [0.29, 0.717) is 29.1 Å². The van der Waals surface area contributed by atoms with Gasteiger partial charge in [0.05, 0.1) is 23.3 Å². The first-order chi connectivity index (χ1) is 19.3. The van der Waals surface area contributed by atoms with Crippen LogP contribution in [0.1, 0.15) is 35.7 Å². The summed E-state index contributed by atoms with van der Waals surface area (Å²) in [6.45, 7) is 1.86. The first-order valence-electron chi connectivity index (χ1n) is 12.6. The zero-order chi connectivity index (χ0) is 28.0. The van der Waals surface area contributed by atoms with Gasteiger partial charge in [0.15, 0.2) is 5.82 Å². The molecule has 10 nitrogen and oxygen atoms in total. The Morgan fingerprint density at radius 2 is 1.88 bits per heavy atom. The minimum atomic E-state index is -1.15. The van der Waals surface area contributed by atoms with E-state index in [4.69, 9.17) is 15.9 Å². The Morgan fingerprint density at radius 3 is 2.62 bits per heavy atom. The lowest BCUT2D eigenvalue weighted by Gasteiger charge is -2.23. The van der Waals surface area contributed by atoms with Gasteiger partial charge in [-0.3, -0.25) is 19.3 Å². The highest BCUT2D eigenvalue weighted by atomic mass is 19.1. The SMILES string of the molecule is CC1(c2ccc(CCC(=O)O)cc2)C(=O)Nc2nc(-c3nn(Cc4ncccc4F)c4ccccc34)nc(N)c21. The second kappa shape index (κ2) is 9.53. The normalized spacial score (nSPS) is 16.2. The van der Waals surface area contributed by atoms with E-state index in [1.165, 1.54) is 18.3 Å². The van der Waals surface area contributed by atoms with Gasteiger partial charge in [-0.2, -0.15) is 5.10 Å². The number of halogens is 1. The number of aromatic nitrogens is 5. The van der Waals surface area contributed by atoms with Crippen LogP contribution in [0, 0.1) is 5.82 Å². The van der Waals surface area contributed by atoms with Gasteiger partial charge in [0, 0.05) is 18.0 Å². The van der Waals surface area contributed by atoms with Crippen LogP contribution >= 0.6 is 0 Å². The average molecular weight is 538 g/mol. The first-order valence-corrected chi connectivity index (χ1v) is 12.6. The van der Waals surface area contributed by atoms with E-state index in [1.807, 2.05) is 36.4 Å². The van der Waals surface area contributed by atoms with Crippen molar-refractivity contribution in [2.24, 2.45) is 0 Å². The third-order valence-electron chi connectivity index (χ3n) is 7.29. The van der Waals surface area contributed by atoms with E-state index in [9.17, 15) is 14.0 Å². The molecule has 0 saturated heterocycles. The summed E-state index contributed by atoms with van der Waals surface area (Å²) in [4.78, 5) is 37.6. The van der Waals surface area contributed by atoms with E-state index in [1.54, 1.807) is 23.7 Å². The number of benzene rings is 2. The van der Waals surface area contributed by atoms with Crippen molar-refractivity contribution in [2.45, 2.75) is 31.7 Å². The minimum absolute atomic E-state index is 0.0186. The van der Waals surface area contributed by atoms with Crippen LogP contribution in [0.25, 0.3) is 22.4 Å². The number of amides is 1. The quantitative estimate of drug-likeness (QED) is 0.283. The Labute approximate surface area is 227 Å². The number of fused-ring (bicyclic) bond motifs is 2. The van der Waals surface area contributed by atoms with E-state index in [0.717, 1.165) is 16.5 Å². The summed E-state index contributed by atoms with van der Waals surface area (Å²) in [6.07, 6.45) is 1.93. The molecule has 0 spiro atoms. The van der Waals surface area contributed by atoms with Crippen LogP contribution in [0.2, 0.25) is 0 Å². The number of nitrogens with zero attached hydrogens (tertiary/aromatic N) is 5. The van der Waals surface area contributed by atoms with Gasteiger partial charge in [-0.05, 0) is 42.7 Å². The van der Waals surface area contributed by atoms with Crippen LogP contribution in [-0.4, -0.2) is 41.7 Å². The van der Waals surface area contributed by atoms with Crippen LogP contribution in [0.3, 0.4) is 0 Å². The van der Waals surface area contributed by atoms with E-state index in [-0.39, 0.29) is 36.2 Å². The van der Waals surface area contributed by atoms with Gasteiger partial charge in [0.1, 0.15) is 28.6 Å². The number of rotatable bonds is 7. The standard InChI is InChI=1S/C29H24FN7O3/c1-29(17-11-8-16(9-12-17)10-13-22(38)39)23-25(31)33-27(34-26(23)35-28(29)40)24-18-5-2-3-7-21(18)37(36-24)15-20-19(30)6-4-14-32-20/h2-9,11-12,14H,10,13,15H2,1H3,(H,38,39)(H3,31,33,34,35,40). The summed E-state index contributed by atoms with van der Waals surface area (Å²) in [5, 5.41) is 17.2. The smallest absolute Gasteiger partial charge is 0.303 e. The summed E-state index contributed by atoms with van der Waals surface area (Å²) < 4.78 is 16.0. The fraction of sp³-hybridized carbons (Fsp3) is 0.172. The number of carbonyl (C=O) groups is 2. The molecule has 1 atom stereocenters. The zero-order valence-corrected chi connectivity index (χ0v) is 21.4. The fourth-order valence-corrected chi connectivity index (χ4v) is 5.13. The predicted octanol–water partition coefficient (Wildman–Crippen LogP) is 3.93. The van der Waals surface area contributed by atoms with Gasteiger partial charge in [0.2, 0.25) is 5.91 Å². The predicted molar refractivity (Wildman–Crippen MR) is 146 cm³/mol. The molecule has 11 heteroatoms. The van der Waals surface area contributed by atoms with Gasteiger partial charge in [-0.25, -0.2) is 14.4 Å². The molecule has 6 rings (SSSR count). The fourth-order valence-electron chi connectivity index (χ4n) is 5.13. The Bertz CT molecular complexity index is 1800. The summed E-state index contributed by atoms with van der Waals surface area (Å²) in [5.74, 6) is -0.966. The van der Waals surface area contributed by atoms with Crippen molar-refractivity contribution in [3.05, 3.63) is 95.1 Å². The third-order valence-corrected chi connectivity index (χ3v) is 7.29. The highest BCUT2D eigenvalue weighted by Crippen LogP contribution is 2.45. The number of nitrogens with one attached hydrogen (secondary N) is 1. The number of pyridine rings is 1. The maximum Gasteiger partial charge on any atom is 0.303 e. The summed E-state index contributed by atoms with van der Waals surface area (Å²) >= 11 is 0. The lowest BCUT2D eigenvalue weighted by molar-refractivity contribution is -0.137. The van der Waals surface area contributed by atoms with Crippen LogP contribution < -0.4 is 11.1 Å². The van der Waals surface area contributed by atoms with Gasteiger partial charge in [-0.15, -0.1) is 0 Å². The number of carboxylic acids is 1. The lowest BCUT2D eigenvalue weighted by Crippen LogP contribution is -2.33. The van der Waals surface area contributed by atoms with Gasteiger partial charge >= 0.3 is 5.97 Å². The number of para-hydroxylation sites is 1. The van der Waals surface area contributed by atoms with Gasteiger partial charge in [0.25, 0.3) is 0 Å². The molecule has 5 aromatic rings. The van der Waals surface area contributed by atoms with Gasteiger partial charge < -0.3 is 16.2 Å². The number of aliphatic carboxylic acids is 1. The van der Waals surface area contributed by atoms with Gasteiger partial charge in [-0.1, -0.05) is 42.5 Å². The van der Waals surface area contributed by atoms with Crippen molar-refractivity contribution in [2.75, 3.05) is 11.1 Å². The third kappa shape index (κ3) is 4.12. The Kier molecular flexibility index (Phi) is 5.98. The largest absolute Gasteiger partial charge is 0.481 e. The Balaban J connectivity index is 1.40. The molecule has 1 aliphatic heterocycles. The average Bonchev–Trinajstić information content (AvgIpc) is 3.44. The number of aryl methyl sites for hydroxylation is 1. The number of carboxylic acid groups (broad SMARTS) is 1. The molecule has 3 aromatic heterocycles. The van der Waals surface area contributed by atoms with Crippen molar-refractivity contribution in [1.82, 2.24) is 24.7 Å². The molecule has 0 radical (unpaired) electrons. The van der Waals surface area contributed by atoms with E-state index >= 15 is 0 Å². The highest BCUT2D eigenvalue weighted by Gasteiger charge is 2.47. The second-order valence-corrected chi connectivity index (χ2v) is 9.78. The van der Waals surface area contributed by atoms with E-state index < -0.39 is 17.2 Å². The molecule has 0 bridgehead atoms.